The minimum absolute atomic E-state index is 0.141. The molecule has 0 aromatic heterocycles. The molecular weight excluding hydrogens is 327 g/mol. The summed E-state index contributed by atoms with van der Waals surface area (Å²) in [4.78, 5) is 27.0. The fourth-order valence-corrected chi connectivity index (χ4v) is 3.04. The smallest absolute Gasteiger partial charge is 0.414 e. The van der Waals surface area contributed by atoms with Crippen LogP contribution in [0.25, 0.3) is 5.57 Å². The number of aliphatic hydroxyl groups is 1. The van der Waals surface area contributed by atoms with E-state index in [2.05, 4.69) is 0 Å². The van der Waals surface area contributed by atoms with Crippen LogP contribution in [0.5, 0.6) is 0 Å². The van der Waals surface area contributed by atoms with Crippen molar-refractivity contribution in [1.82, 2.24) is 0 Å². The van der Waals surface area contributed by atoms with Crippen LogP contribution in [-0.4, -0.2) is 42.4 Å². The molecule has 0 atom stereocenters. The normalized spacial score (nSPS) is 16.2. The van der Waals surface area contributed by atoms with Crippen molar-refractivity contribution < 1.29 is 23.8 Å². The summed E-state index contributed by atoms with van der Waals surface area (Å²) in [5.74, 6) is 1.21. The van der Waals surface area contributed by atoms with E-state index in [1.807, 2.05) is 0 Å². The highest BCUT2D eigenvalue weighted by Crippen LogP contribution is 2.45. The third-order valence-electron chi connectivity index (χ3n) is 4.00. The van der Waals surface area contributed by atoms with E-state index in [-0.39, 0.29) is 18.7 Å². The maximum atomic E-state index is 14.1. The van der Waals surface area contributed by atoms with Crippen molar-refractivity contribution in [2.24, 2.45) is 0 Å². The highest BCUT2D eigenvalue weighted by molar-refractivity contribution is 6.06. The molecular formula is C18H19FN2O4. The maximum absolute atomic E-state index is 14.1. The van der Waals surface area contributed by atoms with Crippen LogP contribution in [0.15, 0.2) is 23.9 Å². The van der Waals surface area contributed by atoms with Crippen LogP contribution in [0.1, 0.15) is 26.3 Å². The van der Waals surface area contributed by atoms with Crippen LogP contribution < -0.4 is 9.80 Å². The van der Waals surface area contributed by atoms with Crippen LogP contribution in [0.2, 0.25) is 0 Å². The molecule has 0 saturated carbocycles. The van der Waals surface area contributed by atoms with Gasteiger partial charge < -0.3 is 14.7 Å². The van der Waals surface area contributed by atoms with Crippen LogP contribution in [0.4, 0.5) is 20.6 Å². The van der Waals surface area contributed by atoms with E-state index in [1.165, 1.54) is 23.1 Å². The first-order valence-electron chi connectivity index (χ1n) is 7.93. The predicted molar refractivity (Wildman–Crippen MR) is 91.6 cm³/mol. The van der Waals surface area contributed by atoms with Gasteiger partial charge in [-0.2, -0.15) is 0 Å². The molecule has 0 bridgehead atoms. The Bertz CT molecular complexity index is 819. The molecule has 6 nitrogen and oxygen atoms in total. The quantitative estimate of drug-likeness (QED) is 0.791. The highest BCUT2D eigenvalue weighted by Gasteiger charge is 2.36. The first-order valence-corrected chi connectivity index (χ1v) is 7.93. The molecule has 2 aliphatic rings. The van der Waals surface area contributed by atoms with Gasteiger partial charge in [-0.1, -0.05) is 0 Å². The molecule has 1 aromatic rings. The lowest BCUT2D eigenvalue weighted by atomic mass is 9.95. The van der Waals surface area contributed by atoms with E-state index < -0.39 is 17.5 Å². The first-order chi connectivity index (χ1) is 11.7. The lowest BCUT2D eigenvalue weighted by Gasteiger charge is -2.41. The summed E-state index contributed by atoms with van der Waals surface area (Å²) in [5, 5.41) is 9.60. The molecule has 2 aliphatic heterocycles. The van der Waals surface area contributed by atoms with Gasteiger partial charge in [0.15, 0.2) is 0 Å². The molecule has 132 valence electrons. The number of hydrogen-bond acceptors (Lipinski definition) is 5. The van der Waals surface area contributed by atoms with Gasteiger partial charge in [-0.3, -0.25) is 4.90 Å². The summed E-state index contributed by atoms with van der Waals surface area (Å²) >= 11 is 0. The second-order valence-corrected chi connectivity index (χ2v) is 6.91. The van der Waals surface area contributed by atoms with Gasteiger partial charge in [-0.05, 0) is 39.0 Å². The molecule has 0 fully saturated rings. The number of amides is 1. The maximum Gasteiger partial charge on any atom is 0.414 e. The van der Waals surface area contributed by atoms with Crippen LogP contribution in [-0.2, 0) is 9.53 Å². The fraction of sp³-hybridized carbons (Fsp3) is 0.389. The largest absolute Gasteiger partial charge is 0.443 e. The molecule has 1 aromatic carbocycles. The van der Waals surface area contributed by atoms with Crippen molar-refractivity contribution in [2.45, 2.75) is 26.4 Å². The minimum atomic E-state index is -0.689. The van der Waals surface area contributed by atoms with Crippen molar-refractivity contribution in [3.05, 3.63) is 35.3 Å². The number of carbonyl (C=O) groups excluding carboxylic acids is 2. The molecule has 0 spiro atoms. The van der Waals surface area contributed by atoms with E-state index in [9.17, 15) is 19.1 Å². The third-order valence-corrected chi connectivity index (χ3v) is 4.00. The Hall–Kier alpha value is -2.63. The number of allylic oxidation sites excluding steroid dienone is 2. The molecule has 25 heavy (non-hydrogen) atoms. The van der Waals surface area contributed by atoms with Gasteiger partial charge in [0.2, 0.25) is 0 Å². The van der Waals surface area contributed by atoms with Crippen molar-refractivity contribution in [3.8, 4) is 0 Å². The average molecular weight is 346 g/mol. The van der Waals surface area contributed by atoms with Crippen molar-refractivity contribution in [2.75, 3.05) is 29.5 Å². The van der Waals surface area contributed by atoms with Gasteiger partial charge in [0.25, 0.3) is 0 Å². The summed E-state index contributed by atoms with van der Waals surface area (Å²) < 4.78 is 19.6. The molecule has 0 saturated heterocycles. The van der Waals surface area contributed by atoms with Gasteiger partial charge in [-0.25, -0.2) is 14.0 Å². The van der Waals surface area contributed by atoms with Gasteiger partial charge >= 0.3 is 6.09 Å². The Balaban J connectivity index is 2.15. The van der Waals surface area contributed by atoms with Crippen LogP contribution in [0.3, 0.4) is 0 Å². The minimum Gasteiger partial charge on any atom is -0.443 e. The molecule has 0 aliphatic carbocycles. The summed E-state index contributed by atoms with van der Waals surface area (Å²) in [6.07, 6.45) is 0.901. The number of carbonyl (C=O) groups is 1. The topological polar surface area (TPSA) is 70.1 Å². The molecule has 2 heterocycles. The van der Waals surface area contributed by atoms with Crippen LogP contribution >= 0.6 is 0 Å². The van der Waals surface area contributed by atoms with E-state index >= 15 is 0 Å². The van der Waals surface area contributed by atoms with Crippen molar-refractivity contribution in [3.63, 3.8) is 0 Å². The highest BCUT2D eigenvalue weighted by atomic mass is 19.1. The SMILES string of the molecule is CC(C)(C)OC(=O)N1CCN2C(CO)=CC(=C=O)c3cc(F)cc1c32. The second-order valence-electron chi connectivity index (χ2n) is 6.91. The Morgan fingerprint density at radius 3 is 2.68 bits per heavy atom. The third kappa shape index (κ3) is 3.04. The summed E-state index contributed by atoms with van der Waals surface area (Å²) in [6.45, 7) is 5.63. The molecule has 1 amide bonds. The monoisotopic (exact) mass is 346 g/mol. The number of anilines is 2. The second kappa shape index (κ2) is 6.02. The number of rotatable bonds is 1. The zero-order chi connectivity index (χ0) is 18.4. The Morgan fingerprint density at radius 2 is 2.08 bits per heavy atom. The number of halogens is 1. The zero-order valence-corrected chi connectivity index (χ0v) is 14.3. The Labute approximate surface area is 144 Å². The summed E-state index contributed by atoms with van der Waals surface area (Å²) in [5.41, 5.74) is 1.11. The van der Waals surface area contributed by atoms with E-state index in [0.717, 1.165) is 0 Å². The number of hydrogen-bond donors (Lipinski definition) is 1. The number of aliphatic hydroxyl groups excluding tert-OH is 1. The van der Waals surface area contributed by atoms with Gasteiger partial charge in [-0.15, -0.1) is 0 Å². The summed E-state index contributed by atoms with van der Waals surface area (Å²) in [7, 11) is 0. The fourth-order valence-electron chi connectivity index (χ4n) is 3.04. The zero-order valence-electron chi connectivity index (χ0n) is 14.3. The standard InChI is InChI=1S/C18H19FN2O4/c1-18(2,3)25-17(24)21-5-4-20-13(10-23)6-11(9-22)14-7-12(19)8-15(21)16(14)20/h6-8,23H,4-5,10H2,1-3H3. The first kappa shape index (κ1) is 17.2. The molecule has 1 N–H and O–H groups in total. The van der Waals surface area contributed by atoms with Crippen LogP contribution in [0, 0.1) is 5.82 Å². The predicted octanol–water partition coefficient (Wildman–Crippen LogP) is 2.49. The lowest BCUT2D eigenvalue weighted by molar-refractivity contribution is 0.0580. The van der Waals surface area contributed by atoms with Crippen molar-refractivity contribution >= 4 is 29.0 Å². The van der Waals surface area contributed by atoms with Gasteiger partial charge in [0.1, 0.15) is 17.4 Å². The molecule has 0 unspecified atom stereocenters. The van der Waals surface area contributed by atoms with E-state index in [0.29, 0.717) is 29.2 Å². The molecule has 3 rings (SSSR count). The average Bonchev–Trinajstić information content (AvgIpc) is 2.53. The number of ether oxygens (including phenoxy) is 1. The number of benzene rings is 1. The van der Waals surface area contributed by atoms with E-state index in [4.69, 9.17) is 4.74 Å². The Morgan fingerprint density at radius 1 is 1.36 bits per heavy atom. The number of nitrogens with zero attached hydrogens (tertiary/aromatic N) is 2. The summed E-state index contributed by atoms with van der Waals surface area (Å²) in [6, 6.07) is 2.47. The van der Waals surface area contributed by atoms with Gasteiger partial charge in [0.05, 0.1) is 23.6 Å². The molecule has 7 heteroatoms. The van der Waals surface area contributed by atoms with Crippen molar-refractivity contribution in [1.29, 1.82) is 0 Å². The Kier molecular flexibility index (Phi) is 4.14. The van der Waals surface area contributed by atoms with E-state index in [1.54, 1.807) is 31.6 Å². The lowest BCUT2D eigenvalue weighted by Crippen LogP contribution is -2.47. The molecule has 0 radical (unpaired) electrons. The van der Waals surface area contributed by atoms with Gasteiger partial charge in [0, 0.05) is 24.4 Å².